The molecule has 0 saturated heterocycles. The van der Waals surface area contributed by atoms with E-state index in [0.717, 1.165) is 47.5 Å². The fraction of sp³-hybridized carbons (Fsp3) is 0.370. The van der Waals surface area contributed by atoms with E-state index >= 15 is 0 Å². The molecule has 1 aliphatic rings. The van der Waals surface area contributed by atoms with E-state index in [4.69, 9.17) is 0 Å². The predicted octanol–water partition coefficient (Wildman–Crippen LogP) is 5.72. The molecule has 2 aromatic heterocycles. The second-order valence-electron chi connectivity index (χ2n) is 9.53. The monoisotopic (exact) mass is 506 g/mol. The van der Waals surface area contributed by atoms with Crippen LogP contribution in [-0.2, 0) is 4.79 Å². The number of rotatable bonds is 7. The maximum atomic E-state index is 13.5. The Hall–Kier alpha value is -3.59. The Morgan fingerprint density at radius 3 is 2.36 bits per heavy atom. The first-order chi connectivity index (χ1) is 17.2. The summed E-state index contributed by atoms with van der Waals surface area (Å²) in [5, 5.41) is 20.2. The first kappa shape index (κ1) is 25.5. The van der Waals surface area contributed by atoms with Crippen LogP contribution in [-0.4, -0.2) is 39.1 Å². The Labute approximate surface area is 214 Å². The number of thiophene rings is 1. The minimum Gasteiger partial charge on any atom is -0.477 e. The van der Waals surface area contributed by atoms with Crippen LogP contribution >= 0.6 is 11.3 Å². The number of benzene rings is 1. The summed E-state index contributed by atoms with van der Waals surface area (Å²) in [6.07, 6.45) is 5.20. The van der Waals surface area contributed by atoms with Gasteiger partial charge in [0.25, 0.3) is 5.91 Å². The molecule has 188 valence electrons. The van der Waals surface area contributed by atoms with Gasteiger partial charge in [-0.1, -0.05) is 19.1 Å². The van der Waals surface area contributed by atoms with Gasteiger partial charge in [0.05, 0.1) is 5.69 Å². The maximum Gasteiger partial charge on any atom is 0.348 e. The Morgan fingerprint density at radius 2 is 1.78 bits per heavy atom. The van der Waals surface area contributed by atoms with Crippen molar-refractivity contribution in [3.8, 4) is 10.4 Å². The zero-order valence-corrected chi connectivity index (χ0v) is 21.4. The molecule has 4 rings (SSSR count). The number of anilines is 2. The summed E-state index contributed by atoms with van der Waals surface area (Å²) in [5.74, 6) is -0.871. The van der Waals surface area contributed by atoms with Crippen LogP contribution in [0.2, 0.25) is 0 Å². The normalized spacial score (nSPS) is 17.6. The quantitative estimate of drug-likeness (QED) is 0.424. The van der Waals surface area contributed by atoms with Crippen molar-refractivity contribution in [2.24, 2.45) is 11.8 Å². The Balaban J connectivity index is 1.58. The highest BCUT2D eigenvalue weighted by Gasteiger charge is 2.33. The van der Waals surface area contributed by atoms with Crippen molar-refractivity contribution < 1.29 is 19.5 Å². The zero-order valence-electron chi connectivity index (χ0n) is 20.6. The molecule has 0 spiro atoms. The number of carboxylic acid groups (broad SMARTS) is 1. The highest BCUT2D eigenvalue weighted by atomic mass is 32.1. The molecule has 1 fully saturated rings. The zero-order chi connectivity index (χ0) is 25.8. The Kier molecular flexibility index (Phi) is 7.79. The summed E-state index contributed by atoms with van der Waals surface area (Å²) in [7, 11) is 0. The van der Waals surface area contributed by atoms with E-state index in [1.807, 2.05) is 26.0 Å². The van der Waals surface area contributed by atoms with Gasteiger partial charge in [0.1, 0.15) is 4.88 Å². The van der Waals surface area contributed by atoms with E-state index < -0.39 is 5.97 Å². The smallest absolute Gasteiger partial charge is 0.348 e. The molecule has 2 N–H and O–H groups in total. The number of hydrogen-bond acceptors (Lipinski definition) is 6. The number of amides is 2. The lowest BCUT2D eigenvalue weighted by atomic mass is 9.82. The summed E-state index contributed by atoms with van der Waals surface area (Å²) in [6, 6.07) is 12.0. The van der Waals surface area contributed by atoms with Gasteiger partial charge < -0.3 is 15.3 Å². The number of hydrogen-bond donors (Lipinski definition) is 2. The van der Waals surface area contributed by atoms with Crippen molar-refractivity contribution in [3.63, 3.8) is 0 Å². The lowest BCUT2D eigenvalue weighted by Crippen LogP contribution is -2.42. The van der Waals surface area contributed by atoms with Crippen LogP contribution in [0.25, 0.3) is 10.4 Å². The van der Waals surface area contributed by atoms with Gasteiger partial charge in [-0.05, 0) is 81.3 Å². The van der Waals surface area contributed by atoms with E-state index in [0.29, 0.717) is 17.3 Å². The number of nitrogens with one attached hydrogen (secondary N) is 1. The molecule has 2 amide bonds. The molecule has 1 aromatic carbocycles. The first-order valence-electron chi connectivity index (χ1n) is 12.1. The van der Waals surface area contributed by atoms with E-state index in [1.54, 1.807) is 35.2 Å². The third-order valence-corrected chi connectivity index (χ3v) is 7.68. The summed E-state index contributed by atoms with van der Waals surface area (Å²) in [5.41, 5.74) is 2.03. The molecule has 1 aliphatic carbocycles. The van der Waals surface area contributed by atoms with Gasteiger partial charge in [0, 0.05) is 28.7 Å². The fourth-order valence-corrected chi connectivity index (χ4v) is 5.54. The van der Waals surface area contributed by atoms with Crippen LogP contribution in [0, 0.1) is 11.8 Å². The van der Waals surface area contributed by atoms with Crippen molar-refractivity contribution in [2.45, 2.75) is 52.5 Å². The van der Waals surface area contributed by atoms with Gasteiger partial charge in [-0.25, -0.2) is 4.79 Å². The first-order valence-corrected chi connectivity index (χ1v) is 13.0. The van der Waals surface area contributed by atoms with Crippen LogP contribution in [0.15, 0.2) is 48.7 Å². The van der Waals surface area contributed by atoms with E-state index in [1.165, 1.54) is 6.20 Å². The number of carbonyl (C=O) groups excluding carboxylic acids is 2. The number of carbonyl (C=O) groups is 3. The molecule has 9 heteroatoms. The van der Waals surface area contributed by atoms with Gasteiger partial charge in [-0.2, -0.15) is 5.10 Å². The Bertz CT molecular complexity index is 1230. The lowest BCUT2D eigenvalue weighted by Gasteiger charge is -2.33. The largest absolute Gasteiger partial charge is 0.477 e. The third kappa shape index (κ3) is 5.62. The lowest BCUT2D eigenvalue weighted by molar-refractivity contribution is -0.123. The summed E-state index contributed by atoms with van der Waals surface area (Å²) < 4.78 is 0. The minimum absolute atomic E-state index is 0.00539. The highest BCUT2D eigenvalue weighted by molar-refractivity contribution is 7.18. The molecule has 1 saturated carbocycles. The summed E-state index contributed by atoms with van der Waals surface area (Å²) in [6.45, 7) is 6.04. The van der Waals surface area contributed by atoms with Gasteiger partial charge >= 0.3 is 5.97 Å². The van der Waals surface area contributed by atoms with Crippen LogP contribution in [0.1, 0.15) is 66.6 Å². The number of aromatic nitrogens is 2. The molecule has 3 aromatic rings. The molecule has 0 bridgehead atoms. The van der Waals surface area contributed by atoms with Crippen molar-refractivity contribution in [1.82, 2.24) is 10.2 Å². The molecular weight excluding hydrogens is 476 g/mol. The SMILES string of the molecule is CC1CCC(C(=O)N(c2cc(-c3ccc(NC(=O)c4cccnn4)cc3)sc2C(=O)O)C(C)C)CC1. The topological polar surface area (TPSA) is 112 Å². The second-order valence-corrected chi connectivity index (χ2v) is 10.6. The predicted molar refractivity (Wildman–Crippen MR) is 140 cm³/mol. The number of aromatic carboxylic acids is 1. The summed E-state index contributed by atoms with van der Waals surface area (Å²) >= 11 is 1.15. The van der Waals surface area contributed by atoms with Crippen molar-refractivity contribution >= 4 is 40.5 Å². The van der Waals surface area contributed by atoms with Crippen LogP contribution in [0.3, 0.4) is 0 Å². The van der Waals surface area contributed by atoms with Gasteiger partial charge in [-0.15, -0.1) is 16.4 Å². The van der Waals surface area contributed by atoms with E-state index in [9.17, 15) is 19.5 Å². The molecule has 36 heavy (non-hydrogen) atoms. The van der Waals surface area contributed by atoms with Gasteiger partial charge in [0.15, 0.2) is 5.69 Å². The van der Waals surface area contributed by atoms with Gasteiger partial charge in [0.2, 0.25) is 5.91 Å². The molecule has 0 aliphatic heterocycles. The van der Waals surface area contributed by atoms with Crippen molar-refractivity contribution in [3.05, 3.63) is 59.2 Å². The van der Waals surface area contributed by atoms with Crippen molar-refractivity contribution in [2.75, 3.05) is 10.2 Å². The highest BCUT2D eigenvalue weighted by Crippen LogP contribution is 2.40. The number of carboxylic acids is 1. The minimum atomic E-state index is -1.05. The number of nitrogens with zero attached hydrogens (tertiary/aromatic N) is 3. The molecular formula is C27H30N4O4S. The maximum absolute atomic E-state index is 13.5. The van der Waals surface area contributed by atoms with Crippen LogP contribution in [0.5, 0.6) is 0 Å². The molecule has 2 heterocycles. The molecule has 8 nitrogen and oxygen atoms in total. The Morgan fingerprint density at radius 1 is 1.08 bits per heavy atom. The standard InChI is InChI=1S/C27H30N4O4S/c1-16(2)31(26(33)19-8-6-17(3)7-9-19)22-15-23(36-24(22)27(34)35)18-10-12-20(13-11-18)29-25(32)21-5-4-14-28-30-21/h4-5,10-17,19H,6-9H2,1-3H3,(H,29,32)(H,34,35). The van der Waals surface area contributed by atoms with Crippen LogP contribution < -0.4 is 10.2 Å². The molecule has 0 unspecified atom stereocenters. The van der Waals surface area contributed by atoms with E-state index in [-0.39, 0.29) is 34.3 Å². The second kappa shape index (κ2) is 11.0. The van der Waals surface area contributed by atoms with Gasteiger partial charge in [-0.3, -0.25) is 9.59 Å². The third-order valence-electron chi connectivity index (χ3n) is 6.52. The average Bonchev–Trinajstić information content (AvgIpc) is 3.30. The van der Waals surface area contributed by atoms with E-state index in [2.05, 4.69) is 22.4 Å². The average molecular weight is 507 g/mol. The van der Waals surface area contributed by atoms with Crippen molar-refractivity contribution in [1.29, 1.82) is 0 Å². The fourth-order valence-electron chi connectivity index (χ4n) is 4.55. The summed E-state index contributed by atoms with van der Waals surface area (Å²) in [4.78, 5) is 40.6. The van der Waals surface area contributed by atoms with Crippen LogP contribution in [0.4, 0.5) is 11.4 Å². The molecule has 0 atom stereocenters. The molecule has 0 radical (unpaired) electrons.